The lowest BCUT2D eigenvalue weighted by atomic mass is 10.4. The Hall–Kier alpha value is 0.210. The van der Waals surface area contributed by atoms with E-state index in [1.807, 2.05) is 6.92 Å². The molecule has 11 heavy (non-hydrogen) atoms. The zero-order valence-corrected chi connectivity index (χ0v) is 8.23. The van der Waals surface area contributed by atoms with Crippen molar-refractivity contribution in [2.24, 2.45) is 0 Å². The maximum absolute atomic E-state index is 5.55. The molecular formula is C8H18ClNO. The highest BCUT2D eigenvalue weighted by molar-refractivity contribution is 6.17. The Bertz CT molecular complexity index is 80.5. The smallest absolute Gasteiger partial charge is 0.0593 e. The minimum absolute atomic E-state index is 0.749. The van der Waals surface area contributed by atoms with Gasteiger partial charge in [0.25, 0.3) is 0 Å². The summed E-state index contributed by atoms with van der Waals surface area (Å²) in [5.41, 5.74) is 0. The fraction of sp³-hybridized carbons (Fsp3) is 1.00. The number of ether oxygens (including phenoxy) is 1. The molecule has 0 heterocycles. The summed E-state index contributed by atoms with van der Waals surface area (Å²) in [6.45, 7) is 5.72. The number of halogens is 1. The first kappa shape index (κ1) is 11.2. The van der Waals surface area contributed by atoms with Crippen LogP contribution in [0.5, 0.6) is 0 Å². The van der Waals surface area contributed by atoms with Crippen LogP contribution in [0.1, 0.15) is 13.3 Å². The number of likely N-dealkylation sites (N-methyl/N-ethyl adjacent to an activating group) is 1. The fourth-order valence-electron chi connectivity index (χ4n) is 0.806. The Balaban J connectivity index is 3.02. The van der Waals surface area contributed by atoms with E-state index < -0.39 is 0 Å². The highest BCUT2D eigenvalue weighted by Gasteiger charge is 1.95. The molecule has 0 fully saturated rings. The van der Waals surface area contributed by atoms with E-state index in [0.29, 0.717) is 0 Å². The maximum atomic E-state index is 5.55. The van der Waals surface area contributed by atoms with Crippen LogP contribution in [0.3, 0.4) is 0 Å². The van der Waals surface area contributed by atoms with Crippen molar-refractivity contribution in [2.75, 3.05) is 39.2 Å². The molecule has 0 spiro atoms. The van der Waals surface area contributed by atoms with Gasteiger partial charge in [-0.2, -0.15) is 0 Å². The highest BCUT2D eigenvalue weighted by atomic mass is 35.5. The van der Waals surface area contributed by atoms with Crippen LogP contribution in [0.25, 0.3) is 0 Å². The predicted molar refractivity (Wildman–Crippen MR) is 49.3 cm³/mol. The highest BCUT2D eigenvalue weighted by Crippen LogP contribution is 1.89. The first-order valence-corrected chi connectivity index (χ1v) is 4.67. The number of alkyl halides is 1. The molecule has 0 bridgehead atoms. The lowest BCUT2D eigenvalue weighted by Crippen LogP contribution is -2.24. The third-order valence-electron chi connectivity index (χ3n) is 1.49. The summed E-state index contributed by atoms with van der Waals surface area (Å²) >= 11 is 5.55. The maximum Gasteiger partial charge on any atom is 0.0593 e. The van der Waals surface area contributed by atoms with Gasteiger partial charge >= 0.3 is 0 Å². The number of rotatable bonds is 7. The molecule has 0 amide bonds. The topological polar surface area (TPSA) is 12.5 Å². The Morgan fingerprint density at radius 3 is 2.64 bits per heavy atom. The molecule has 0 saturated carbocycles. The van der Waals surface area contributed by atoms with Crippen molar-refractivity contribution >= 4 is 11.6 Å². The first-order chi connectivity index (χ1) is 5.31. The molecule has 0 aliphatic rings. The Morgan fingerprint density at radius 1 is 1.36 bits per heavy atom. The van der Waals surface area contributed by atoms with Gasteiger partial charge in [0.05, 0.1) is 6.61 Å². The molecule has 0 aromatic carbocycles. The third-order valence-corrected chi connectivity index (χ3v) is 1.76. The van der Waals surface area contributed by atoms with Crippen LogP contribution in [0.2, 0.25) is 0 Å². The monoisotopic (exact) mass is 179 g/mol. The summed E-state index contributed by atoms with van der Waals surface area (Å²) in [5.74, 6) is 0.749. The molecule has 0 aliphatic heterocycles. The van der Waals surface area contributed by atoms with E-state index in [-0.39, 0.29) is 0 Å². The lowest BCUT2D eigenvalue weighted by Gasteiger charge is -2.14. The summed E-state index contributed by atoms with van der Waals surface area (Å²) in [6, 6.07) is 0. The van der Waals surface area contributed by atoms with Crippen molar-refractivity contribution in [1.82, 2.24) is 4.90 Å². The molecule has 0 N–H and O–H groups in total. The van der Waals surface area contributed by atoms with Crippen LogP contribution in [-0.2, 0) is 4.74 Å². The second-order valence-corrected chi connectivity index (χ2v) is 2.92. The van der Waals surface area contributed by atoms with Gasteiger partial charge in [0, 0.05) is 19.0 Å². The van der Waals surface area contributed by atoms with Gasteiger partial charge in [-0.05, 0) is 26.9 Å². The summed E-state index contributed by atoms with van der Waals surface area (Å²) in [6.07, 6.45) is 1.06. The van der Waals surface area contributed by atoms with Crippen molar-refractivity contribution in [3.63, 3.8) is 0 Å². The zero-order chi connectivity index (χ0) is 8.53. The largest absolute Gasteiger partial charge is 0.380 e. The number of hydrogen-bond donors (Lipinski definition) is 0. The molecule has 0 rings (SSSR count). The molecule has 0 atom stereocenters. The van der Waals surface area contributed by atoms with Gasteiger partial charge in [0.2, 0.25) is 0 Å². The minimum Gasteiger partial charge on any atom is -0.380 e. The average molecular weight is 180 g/mol. The number of hydrogen-bond acceptors (Lipinski definition) is 2. The Kier molecular flexibility index (Phi) is 8.47. The molecular weight excluding hydrogens is 162 g/mol. The average Bonchev–Trinajstić information content (AvgIpc) is 2.01. The molecule has 0 aromatic rings. The predicted octanol–water partition coefficient (Wildman–Crippen LogP) is 1.58. The van der Waals surface area contributed by atoms with Gasteiger partial charge in [-0.3, -0.25) is 0 Å². The summed E-state index contributed by atoms with van der Waals surface area (Å²) < 4.78 is 5.21. The van der Waals surface area contributed by atoms with Crippen molar-refractivity contribution < 1.29 is 4.74 Å². The van der Waals surface area contributed by atoms with Crippen molar-refractivity contribution in [3.8, 4) is 0 Å². The van der Waals surface area contributed by atoms with E-state index in [2.05, 4.69) is 11.9 Å². The van der Waals surface area contributed by atoms with E-state index in [4.69, 9.17) is 16.3 Å². The first-order valence-electron chi connectivity index (χ1n) is 4.13. The lowest BCUT2D eigenvalue weighted by molar-refractivity contribution is 0.122. The molecule has 0 unspecified atom stereocenters. The SMILES string of the molecule is CCOCCN(C)CCCCl. The third kappa shape index (κ3) is 8.11. The van der Waals surface area contributed by atoms with E-state index in [9.17, 15) is 0 Å². The van der Waals surface area contributed by atoms with E-state index in [1.54, 1.807) is 0 Å². The summed E-state index contributed by atoms with van der Waals surface area (Å²) in [7, 11) is 2.09. The van der Waals surface area contributed by atoms with E-state index in [0.717, 1.165) is 38.6 Å². The normalized spacial score (nSPS) is 10.9. The van der Waals surface area contributed by atoms with Gasteiger partial charge in [-0.25, -0.2) is 0 Å². The van der Waals surface area contributed by atoms with Gasteiger partial charge in [-0.15, -0.1) is 11.6 Å². The van der Waals surface area contributed by atoms with Crippen molar-refractivity contribution in [1.29, 1.82) is 0 Å². The Morgan fingerprint density at radius 2 is 2.09 bits per heavy atom. The molecule has 3 heteroatoms. The van der Waals surface area contributed by atoms with Gasteiger partial charge in [0.1, 0.15) is 0 Å². The van der Waals surface area contributed by atoms with Gasteiger partial charge < -0.3 is 9.64 Å². The van der Waals surface area contributed by atoms with Crippen LogP contribution in [0.4, 0.5) is 0 Å². The van der Waals surface area contributed by atoms with Crippen LogP contribution in [0, 0.1) is 0 Å². The van der Waals surface area contributed by atoms with E-state index in [1.165, 1.54) is 0 Å². The van der Waals surface area contributed by atoms with Crippen LogP contribution >= 0.6 is 11.6 Å². The van der Waals surface area contributed by atoms with Gasteiger partial charge in [-0.1, -0.05) is 0 Å². The van der Waals surface area contributed by atoms with Crippen molar-refractivity contribution in [2.45, 2.75) is 13.3 Å². The molecule has 68 valence electrons. The molecule has 2 nitrogen and oxygen atoms in total. The zero-order valence-electron chi connectivity index (χ0n) is 7.48. The molecule has 0 aromatic heterocycles. The van der Waals surface area contributed by atoms with Crippen LogP contribution in [0.15, 0.2) is 0 Å². The minimum atomic E-state index is 0.749. The second kappa shape index (κ2) is 8.31. The number of nitrogens with zero attached hydrogens (tertiary/aromatic N) is 1. The quantitative estimate of drug-likeness (QED) is 0.435. The van der Waals surface area contributed by atoms with Crippen LogP contribution < -0.4 is 0 Å². The summed E-state index contributed by atoms with van der Waals surface area (Å²) in [4.78, 5) is 2.23. The summed E-state index contributed by atoms with van der Waals surface area (Å²) in [5, 5.41) is 0. The standard InChI is InChI=1S/C8H18ClNO/c1-3-11-8-7-10(2)6-4-5-9/h3-8H2,1-2H3. The van der Waals surface area contributed by atoms with Gasteiger partial charge in [0.15, 0.2) is 0 Å². The van der Waals surface area contributed by atoms with Crippen molar-refractivity contribution in [3.05, 3.63) is 0 Å². The molecule has 0 aliphatic carbocycles. The Labute approximate surface area is 74.5 Å². The van der Waals surface area contributed by atoms with E-state index >= 15 is 0 Å². The molecule has 0 radical (unpaired) electrons. The van der Waals surface area contributed by atoms with Crippen LogP contribution in [-0.4, -0.2) is 44.1 Å². The second-order valence-electron chi connectivity index (χ2n) is 2.54. The fourth-order valence-corrected chi connectivity index (χ4v) is 0.926. The molecule has 0 saturated heterocycles.